The van der Waals surface area contributed by atoms with Gasteiger partial charge in [0.1, 0.15) is 5.82 Å². The smallest absolute Gasteiger partial charge is 0.161 e. The van der Waals surface area contributed by atoms with Crippen LogP contribution >= 0.6 is 11.6 Å². The summed E-state index contributed by atoms with van der Waals surface area (Å²) in [5.74, 6) is 1.74. The Morgan fingerprint density at radius 1 is 1.14 bits per heavy atom. The molecule has 0 saturated heterocycles. The number of halogens is 1. The summed E-state index contributed by atoms with van der Waals surface area (Å²) in [6.45, 7) is 2.64. The summed E-state index contributed by atoms with van der Waals surface area (Å²) >= 11 is 6.01. The Labute approximate surface area is 128 Å². The minimum Gasteiger partial charge on any atom is -0.378 e. The van der Waals surface area contributed by atoms with Gasteiger partial charge in [0, 0.05) is 30.2 Å². The lowest BCUT2D eigenvalue weighted by atomic mass is 10.2. The lowest BCUT2D eigenvalue weighted by Crippen LogP contribution is -2.06. The lowest BCUT2D eigenvalue weighted by Gasteiger charge is -2.12. The van der Waals surface area contributed by atoms with Gasteiger partial charge in [-0.05, 0) is 36.8 Å². The van der Waals surface area contributed by atoms with Crippen LogP contribution in [0, 0.1) is 6.92 Å². The normalized spacial score (nSPS) is 10.6. The first-order valence-electron chi connectivity index (χ1n) is 6.68. The van der Waals surface area contributed by atoms with Gasteiger partial charge in [0.2, 0.25) is 0 Å². The third kappa shape index (κ3) is 3.06. The number of aromatic nitrogens is 3. The van der Waals surface area contributed by atoms with E-state index in [1.165, 1.54) is 0 Å². The molecule has 4 nitrogen and oxygen atoms in total. The second kappa shape index (κ2) is 5.97. The van der Waals surface area contributed by atoms with Crippen molar-refractivity contribution in [2.24, 2.45) is 0 Å². The molecule has 2 aromatic heterocycles. The van der Waals surface area contributed by atoms with Crippen LogP contribution in [0.4, 0.5) is 5.69 Å². The third-order valence-electron chi connectivity index (χ3n) is 3.21. The maximum absolute atomic E-state index is 6.01. The highest BCUT2D eigenvalue weighted by Gasteiger charge is 2.07. The molecule has 0 fully saturated rings. The Balaban J connectivity index is 1.85. The van der Waals surface area contributed by atoms with Gasteiger partial charge in [-0.15, -0.1) is 0 Å². The molecule has 3 aromatic rings. The van der Waals surface area contributed by atoms with Crippen LogP contribution in [0.25, 0.3) is 5.82 Å². The second-order valence-corrected chi connectivity index (χ2v) is 5.14. The van der Waals surface area contributed by atoms with E-state index >= 15 is 0 Å². The van der Waals surface area contributed by atoms with E-state index in [0.29, 0.717) is 6.54 Å². The average molecular weight is 299 g/mol. The van der Waals surface area contributed by atoms with E-state index in [2.05, 4.69) is 15.3 Å². The number of aryl methyl sites for hydroxylation is 1. The summed E-state index contributed by atoms with van der Waals surface area (Å²) in [7, 11) is 0. The Bertz CT molecular complexity index is 751. The topological polar surface area (TPSA) is 42.7 Å². The zero-order valence-corrected chi connectivity index (χ0v) is 12.4. The highest BCUT2D eigenvalue weighted by molar-refractivity contribution is 6.30. The van der Waals surface area contributed by atoms with Crippen molar-refractivity contribution in [2.45, 2.75) is 13.5 Å². The van der Waals surface area contributed by atoms with Gasteiger partial charge >= 0.3 is 0 Å². The minimum atomic E-state index is 0.687. The summed E-state index contributed by atoms with van der Waals surface area (Å²) in [4.78, 5) is 8.69. The zero-order valence-electron chi connectivity index (χ0n) is 11.6. The molecule has 3 rings (SSSR count). The molecular formula is C16H15ClN4. The van der Waals surface area contributed by atoms with E-state index in [4.69, 9.17) is 11.6 Å². The molecule has 0 radical (unpaired) electrons. The molecule has 0 aliphatic heterocycles. The fraction of sp³-hybridized carbons (Fsp3) is 0.125. The molecule has 5 heteroatoms. The standard InChI is InChI=1S/C16H15ClN4/c1-12-18-8-9-21(12)16-15(6-3-7-19-16)20-11-13-4-2-5-14(17)10-13/h2-10,20H,11H2,1H3. The van der Waals surface area contributed by atoms with E-state index in [9.17, 15) is 0 Å². The van der Waals surface area contributed by atoms with Crippen LogP contribution in [0.15, 0.2) is 55.0 Å². The predicted molar refractivity (Wildman–Crippen MR) is 84.9 cm³/mol. The monoisotopic (exact) mass is 298 g/mol. The molecule has 0 atom stereocenters. The number of imidazole rings is 1. The van der Waals surface area contributed by atoms with Crippen molar-refractivity contribution in [2.75, 3.05) is 5.32 Å². The van der Waals surface area contributed by atoms with Crippen LogP contribution in [0.5, 0.6) is 0 Å². The quantitative estimate of drug-likeness (QED) is 0.796. The summed E-state index contributed by atoms with van der Waals surface area (Å²) < 4.78 is 1.96. The van der Waals surface area contributed by atoms with Crippen molar-refractivity contribution in [3.63, 3.8) is 0 Å². The molecular weight excluding hydrogens is 284 g/mol. The fourth-order valence-corrected chi connectivity index (χ4v) is 2.39. The predicted octanol–water partition coefficient (Wildman–Crippen LogP) is 3.84. The van der Waals surface area contributed by atoms with Crippen LogP contribution in [-0.4, -0.2) is 14.5 Å². The number of anilines is 1. The van der Waals surface area contributed by atoms with E-state index in [0.717, 1.165) is 27.9 Å². The van der Waals surface area contributed by atoms with Gasteiger partial charge in [0.25, 0.3) is 0 Å². The molecule has 1 aromatic carbocycles. The number of pyridine rings is 1. The molecule has 2 heterocycles. The number of benzene rings is 1. The van der Waals surface area contributed by atoms with Gasteiger partial charge in [-0.25, -0.2) is 9.97 Å². The van der Waals surface area contributed by atoms with Gasteiger partial charge in [-0.1, -0.05) is 23.7 Å². The van der Waals surface area contributed by atoms with Crippen LogP contribution in [0.1, 0.15) is 11.4 Å². The van der Waals surface area contributed by atoms with Gasteiger partial charge in [-0.3, -0.25) is 4.57 Å². The second-order valence-electron chi connectivity index (χ2n) is 4.70. The van der Waals surface area contributed by atoms with Crippen LogP contribution in [0.3, 0.4) is 0 Å². The van der Waals surface area contributed by atoms with Crippen LogP contribution in [0.2, 0.25) is 5.02 Å². The SMILES string of the molecule is Cc1nccn1-c1ncccc1NCc1cccc(Cl)c1. The number of rotatable bonds is 4. The van der Waals surface area contributed by atoms with Gasteiger partial charge in [0.15, 0.2) is 5.82 Å². The van der Waals surface area contributed by atoms with E-state index in [-0.39, 0.29) is 0 Å². The zero-order chi connectivity index (χ0) is 14.7. The van der Waals surface area contributed by atoms with E-state index in [1.54, 1.807) is 12.4 Å². The van der Waals surface area contributed by atoms with Crippen molar-refractivity contribution in [1.29, 1.82) is 0 Å². The van der Waals surface area contributed by atoms with Crippen LogP contribution in [-0.2, 0) is 6.54 Å². The van der Waals surface area contributed by atoms with Gasteiger partial charge in [-0.2, -0.15) is 0 Å². The van der Waals surface area contributed by atoms with E-state index in [1.807, 2.05) is 54.1 Å². The van der Waals surface area contributed by atoms with Crippen molar-refractivity contribution in [1.82, 2.24) is 14.5 Å². The number of nitrogens with one attached hydrogen (secondary N) is 1. The Kier molecular flexibility index (Phi) is 3.88. The lowest BCUT2D eigenvalue weighted by molar-refractivity contribution is 0.929. The van der Waals surface area contributed by atoms with Crippen molar-refractivity contribution in [3.05, 3.63) is 71.4 Å². The Hall–Kier alpha value is -2.33. The first-order chi connectivity index (χ1) is 10.2. The van der Waals surface area contributed by atoms with Crippen molar-refractivity contribution >= 4 is 17.3 Å². The molecule has 0 unspecified atom stereocenters. The molecule has 0 aliphatic carbocycles. The fourth-order valence-electron chi connectivity index (χ4n) is 2.17. The minimum absolute atomic E-state index is 0.687. The Morgan fingerprint density at radius 2 is 2.05 bits per heavy atom. The molecule has 0 bridgehead atoms. The van der Waals surface area contributed by atoms with E-state index < -0.39 is 0 Å². The molecule has 21 heavy (non-hydrogen) atoms. The molecule has 0 aliphatic rings. The van der Waals surface area contributed by atoms with Crippen LogP contribution < -0.4 is 5.32 Å². The molecule has 0 spiro atoms. The number of hydrogen-bond donors (Lipinski definition) is 1. The third-order valence-corrected chi connectivity index (χ3v) is 3.45. The largest absolute Gasteiger partial charge is 0.378 e. The number of hydrogen-bond acceptors (Lipinski definition) is 3. The van der Waals surface area contributed by atoms with Crippen molar-refractivity contribution < 1.29 is 0 Å². The van der Waals surface area contributed by atoms with Crippen molar-refractivity contribution in [3.8, 4) is 5.82 Å². The molecule has 0 amide bonds. The maximum atomic E-state index is 6.01. The summed E-state index contributed by atoms with van der Waals surface area (Å²) in [6.07, 6.45) is 5.45. The maximum Gasteiger partial charge on any atom is 0.161 e. The molecule has 106 valence electrons. The summed E-state index contributed by atoms with van der Waals surface area (Å²) in [5.41, 5.74) is 2.08. The highest BCUT2D eigenvalue weighted by Crippen LogP contribution is 2.20. The first-order valence-corrected chi connectivity index (χ1v) is 7.05. The van der Waals surface area contributed by atoms with Gasteiger partial charge in [0.05, 0.1) is 5.69 Å². The first kappa shape index (κ1) is 13.6. The molecule has 0 saturated carbocycles. The average Bonchev–Trinajstić information content (AvgIpc) is 2.91. The molecule has 1 N–H and O–H groups in total. The number of nitrogens with zero attached hydrogens (tertiary/aromatic N) is 3. The van der Waals surface area contributed by atoms with Gasteiger partial charge < -0.3 is 5.32 Å². The highest BCUT2D eigenvalue weighted by atomic mass is 35.5. The summed E-state index contributed by atoms with van der Waals surface area (Å²) in [5, 5.41) is 4.14. The summed E-state index contributed by atoms with van der Waals surface area (Å²) in [6, 6.07) is 11.7. The Morgan fingerprint density at radius 3 is 2.81 bits per heavy atom.